The molecule has 11 nitrogen and oxygen atoms in total. The van der Waals surface area contributed by atoms with Gasteiger partial charge in [0.2, 0.25) is 11.7 Å². The molecule has 0 aliphatic heterocycles. The first kappa shape index (κ1) is 29.1. The Morgan fingerprint density at radius 2 is 1.41 bits per heavy atom. The molecule has 3 aromatic carbocycles. The summed E-state index contributed by atoms with van der Waals surface area (Å²) in [5.74, 6) is -1.08. The lowest BCUT2D eigenvalue weighted by Gasteiger charge is -2.32. The van der Waals surface area contributed by atoms with E-state index in [9.17, 15) is 29.8 Å². The number of nitro groups is 2. The monoisotopic (exact) mass is 554 g/mol. The van der Waals surface area contributed by atoms with Gasteiger partial charge in [-0.2, -0.15) is 0 Å². The van der Waals surface area contributed by atoms with Gasteiger partial charge in [0.15, 0.2) is 0 Å². The van der Waals surface area contributed by atoms with Crippen molar-refractivity contribution in [2.75, 3.05) is 20.8 Å². The van der Waals surface area contributed by atoms with Crippen molar-refractivity contribution in [2.24, 2.45) is 5.41 Å². The molecule has 0 aliphatic carbocycles. The minimum absolute atomic E-state index is 0.190. The minimum atomic E-state index is -2.03. The average Bonchev–Trinajstić information content (AvgIpc) is 2.94. The molecule has 0 radical (unpaired) electrons. The van der Waals surface area contributed by atoms with Crippen LogP contribution in [0.4, 0.5) is 5.69 Å². The third-order valence-electron chi connectivity index (χ3n) is 6.18. The molecule has 39 heavy (non-hydrogen) atoms. The second-order valence-electron chi connectivity index (χ2n) is 8.61. The van der Waals surface area contributed by atoms with E-state index in [1.54, 1.807) is 48.5 Å². The largest absolute Gasteiger partial charge is 0.497 e. The Hall–Kier alpha value is -4.45. The number of nitrogens with zero attached hydrogens (tertiary/aromatic N) is 2. The highest BCUT2D eigenvalue weighted by Crippen LogP contribution is 2.43. The van der Waals surface area contributed by atoms with Crippen molar-refractivity contribution in [3.05, 3.63) is 104 Å². The van der Waals surface area contributed by atoms with Crippen LogP contribution in [-0.2, 0) is 20.9 Å². The average molecular weight is 555 g/mol. The third kappa shape index (κ3) is 7.11. The van der Waals surface area contributed by atoms with Gasteiger partial charge in [-0.25, -0.2) is 0 Å². The number of hydrogen-bond donors (Lipinski definition) is 0. The number of methoxy groups -OCH3 is 2. The fourth-order valence-electron chi connectivity index (χ4n) is 3.84. The van der Waals surface area contributed by atoms with Gasteiger partial charge in [-0.3, -0.25) is 29.8 Å². The zero-order valence-corrected chi connectivity index (χ0v) is 22.2. The van der Waals surface area contributed by atoms with Crippen molar-refractivity contribution in [3.8, 4) is 11.5 Å². The van der Waals surface area contributed by atoms with Crippen molar-refractivity contribution in [3.63, 3.8) is 0 Å². The van der Waals surface area contributed by atoms with E-state index in [-0.39, 0.29) is 17.9 Å². The molecule has 204 valence electrons. The lowest BCUT2D eigenvalue weighted by Crippen LogP contribution is -2.44. The van der Waals surface area contributed by atoms with E-state index in [0.29, 0.717) is 22.0 Å². The first-order valence-corrected chi connectivity index (χ1v) is 12.4. The van der Waals surface area contributed by atoms with Crippen LogP contribution in [0, 0.1) is 25.6 Å². The minimum Gasteiger partial charge on any atom is -0.497 e. The number of carbonyl (C=O) groups is 2. The number of ether oxygens (including phenoxy) is 3. The summed E-state index contributed by atoms with van der Waals surface area (Å²) in [5.41, 5.74) is -1.44. The number of esters is 1. The quantitative estimate of drug-likeness (QED) is 0.0980. The molecule has 3 rings (SSSR count). The Morgan fingerprint density at radius 3 is 1.90 bits per heavy atom. The molecule has 0 N–H and O–H groups in total. The maximum absolute atomic E-state index is 13.8. The van der Waals surface area contributed by atoms with Crippen LogP contribution in [0.5, 0.6) is 11.5 Å². The zero-order chi connectivity index (χ0) is 28.6. The fraction of sp³-hybridized carbons (Fsp3) is 0.259. The Kier molecular flexibility index (Phi) is 9.61. The lowest BCUT2D eigenvalue weighted by atomic mass is 9.74. The van der Waals surface area contributed by atoms with Crippen LogP contribution >= 0.6 is 11.8 Å². The fourth-order valence-corrected chi connectivity index (χ4v) is 4.77. The van der Waals surface area contributed by atoms with Gasteiger partial charge in [0.25, 0.3) is 5.69 Å². The van der Waals surface area contributed by atoms with Crippen LogP contribution in [0.2, 0.25) is 0 Å². The predicted molar refractivity (Wildman–Crippen MR) is 142 cm³/mol. The molecule has 0 aromatic heterocycles. The summed E-state index contributed by atoms with van der Waals surface area (Å²) < 4.78 is 15.8. The summed E-state index contributed by atoms with van der Waals surface area (Å²) in [6, 6.07) is 18.2. The molecular weight excluding hydrogens is 528 g/mol. The molecule has 0 spiro atoms. The molecule has 0 saturated heterocycles. The summed E-state index contributed by atoms with van der Waals surface area (Å²) in [6.45, 7) is 0.322. The van der Waals surface area contributed by atoms with Gasteiger partial charge in [0.1, 0.15) is 23.5 Å². The number of hydrogen-bond acceptors (Lipinski definition) is 10. The van der Waals surface area contributed by atoms with Crippen molar-refractivity contribution in [1.29, 1.82) is 0 Å². The summed E-state index contributed by atoms with van der Waals surface area (Å²) in [5, 5.41) is 22.2. The third-order valence-corrected chi connectivity index (χ3v) is 7.30. The van der Waals surface area contributed by atoms with Crippen molar-refractivity contribution in [2.45, 2.75) is 24.3 Å². The molecule has 0 saturated carbocycles. The molecule has 0 heterocycles. The van der Waals surface area contributed by atoms with Crippen molar-refractivity contribution < 1.29 is 33.6 Å². The Balaban J connectivity index is 2.00. The van der Waals surface area contributed by atoms with E-state index in [1.807, 2.05) is 0 Å². The Labute approximate surface area is 228 Å². The normalized spacial score (nSPS) is 13.0. The highest BCUT2D eigenvalue weighted by Gasteiger charge is 2.52. The van der Waals surface area contributed by atoms with Crippen LogP contribution in [0.25, 0.3) is 0 Å². The van der Waals surface area contributed by atoms with Crippen LogP contribution in [-0.4, -0.2) is 41.7 Å². The summed E-state index contributed by atoms with van der Waals surface area (Å²) in [7, 11) is 3.01. The molecule has 0 amide bonds. The number of thioether (sulfide) groups is 1. The van der Waals surface area contributed by atoms with E-state index >= 15 is 0 Å². The topological polar surface area (TPSA) is 148 Å². The van der Waals surface area contributed by atoms with Gasteiger partial charge in [0, 0.05) is 22.0 Å². The maximum Gasteiger partial charge on any atom is 0.321 e. The van der Waals surface area contributed by atoms with Crippen molar-refractivity contribution in [1.82, 2.24) is 0 Å². The van der Waals surface area contributed by atoms with E-state index < -0.39 is 38.8 Å². The van der Waals surface area contributed by atoms with E-state index in [0.717, 1.165) is 11.8 Å². The van der Waals surface area contributed by atoms with Gasteiger partial charge in [0.05, 0.1) is 25.1 Å². The van der Waals surface area contributed by atoms with E-state index in [4.69, 9.17) is 14.2 Å². The Bertz CT molecular complexity index is 1330. The number of carbonyl (C=O) groups excluding carboxylic acids is 2. The van der Waals surface area contributed by atoms with Crippen LogP contribution in [0.1, 0.15) is 24.0 Å². The Morgan fingerprint density at radius 1 is 0.872 bits per heavy atom. The first-order valence-electron chi connectivity index (χ1n) is 11.6. The van der Waals surface area contributed by atoms with Gasteiger partial charge in [-0.15, -0.1) is 0 Å². The number of nitro benzene ring substituents is 1. The van der Waals surface area contributed by atoms with E-state index in [2.05, 4.69) is 0 Å². The van der Waals surface area contributed by atoms with Gasteiger partial charge in [-0.1, -0.05) is 36.0 Å². The summed E-state index contributed by atoms with van der Waals surface area (Å²) in [4.78, 5) is 49.5. The van der Waals surface area contributed by atoms with Crippen molar-refractivity contribution >= 4 is 28.5 Å². The molecule has 0 bridgehead atoms. The molecule has 2 unspecified atom stereocenters. The first-order chi connectivity index (χ1) is 18.6. The summed E-state index contributed by atoms with van der Waals surface area (Å²) in [6.07, 6.45) is 0. The zero-order valence-electron chi connectivity index (χ0n) is 21.4. The van der Waals surface area contributed by atoms with Gasteiger partial charge >= 0.3 is 5.97 Å². The SMILES string of the molecule is COc1ccc(COC(=O)C(C)(C(=O)Sc2ccc(OC)cc2)C(C[N+](=O)[O-])c2ccc([N+](=O)[O-])cc2)cc1. The summed E-state index contributed by atoms with van der Waals surface area (Å²) >= 11 is 0.740. The number of rotatable bonds is 12. The molecule has 2 atom stereocenters. The second-order valence-corrected chi connectivity index (χ2v) is 9.65. The maximum atomic E-state index is 13.8. The van der Waals surface area contributed by atoms with E-state index in [1.165, 1.54) is 45.4 Å². The highest BCUT2D eigenvalue weighted by molar-refractivity contribution is 8.13. The molecule has 12 heteroatoms. The molecule has 0 aliphatic rings. The second kappa shape index (κ2) is 12.9. The van der Waals surface area contributed by atoms with Gasteiger partial charge < -0.3 is 14.2 Å². The number of non-ortho nitro benzene ring substituents is 1. The smallest absolute Gasteiger partial charge is 0.321 e. The molecule has 3 aromatic rings. The number of benzene rings is 3. The van der Waals surface area contributed by atoms with Crippen LogP contribution in [0.3, 0.4) is 0 Å². The molecular formula is C27H26N2O9S. The highest BCUT2D eigenvalue weighted by atomic mass is 32.2. The lowest BCUT2D eigenvalue weighted by molar-refractivity contribution is -0.485. The van der Waals surface area contributed by atoms with Crippen LogP contribution < -0.4 is 9.47 Å². The standard InChI is InChI=1S/C27H26N2O9S/c1-27(26(31)39-23-14-12-22(37-3)13-15-23,25(30)38-17-18-4-10-21(36-2)11-5-18)24(16-28(32)33)19-6-8-20(9-7-19)29(34)35/h4-15,24H,16-17H2,1-3H3. The van der Waals surface area contributed by atoms with Crippen LogP contribution in [0.15, 0.2) is 77.7 Å². The predicted octanol–water partition coefficient (Wildman–Crippen LogP) is 5.04. The van der Waals surface area contributed by atoms with Gasteiger partial charge in [-0.05, 0) is 54.4 Å². The molecule has 0 fully saturated rings.